The van der Waals surface area contributed by atoms with Gasteiger partial charge in [0.25, 0.3) is 5.89 Å². The summed E-state index contributed by atoms with van der Waals surface area (Å²) in [6.45, 7) is 5.78. The van der Waals surface area contributed by atoms with Crippen molar-refractivity contribution in [3.63, 3.8) is 0 Å². The standard InChI is InChI=1S/C18H23N7O3/c1-13-3-5-14(6-4-13)18-19-16(21-28-18)12-24-7-10-27-15(11-24)17-20-22-23-25(17)8-9-26-2/h3-6,15H,7-12H2,1-2H3/t15-/m0/s1. The van der Waals surface area contributed by atoms with Gasteiger partial charge in [-0.15, -0.1) is 5.10 Å². The Balaban J connectivity index is 1.40. The molecule has 0 aliphatic carbocycles. The molecule has 0 radical (unpaired) electrons. The zero-order valence-corrected chi connectivity index (χ0v) is 16.0. The van der Waals surface area contributed by atoms with Crippen LogP contribution in [0.4, 0.5) is 0 Å². The number of aryl methyl sites for hydroxylation is 1. The van der Waals surface area contributed by atoms with Crippen molar-refractivity contribution >= 4 is 0 Å². The number of ether oxygens (including phenoxy) is 2. The summed E-state index contributed by atoms with van der Waals surface area (Å²) in [5.41, 5.74) is 2.11. The number of methoxy groups -OCH3 is 1. The number of hydrogen-bond donors (Lipinski definition) is 0. The number of nitrogens with zero attached hydrogens (tertiary/aromatic N) is 7. The fourth-order valence-electron chi connectivity index (χ4n) is 3.11. The van der Waals surface area contributed by atoms with Crippen molar-refractivity contribution in [1.82, 2.24) is 35.2 Å². The predicted molar refractivity (Wildman–Crippen MR) is 98.1 cm³/mol. The van der Waals surface area contributed by atoms with Crippen molar-refractivity contribution in [2.75, 3.05) is 33.4 Å². The quantitative estimate of drug-likeness (QED) is 0.594. The molecule has 0 saturated carbocycles. The lowest BCUT2D eigenvalue weighted by atomic mass is 10.1. The molecule has 0 amide bonds. The van der Waals surface area contributed by atoms with Gasteiger partial charge in [0.1, 0.15) is 6.10 Å². The number of aromatic nitrogens is 6. The molecule has 1 fully saturated rings. The van der Waals surface area contributed by atoms with Crippen LogP contribution in [0.2, 0.25) is 0 Å². The molecule has 10 heteroatoms. The molecule has 0 N–H and O–H groups in total. The minimum absolute atomic E-state index is 0.205. The molecule has 1 saturated heterocycles. The summed E-state index contributed by atoms with van der Waals surface area (Å²) in [4.78, 5) is 6.74. The van der Waals surface area contributed by atoms with Gasteiger partial charge in [-0.2, -0.15) is 4.98 Å². The highest BCUT2D eigenvalue weighted by atomic mass is 16.5. The number of morpholine rings is 1. The summed E-state index contributed by atoms with van der Waals surface area (Å²) in [5.74, 6) is 1.88. The van der Waals surface area contributed by atoms with Gasteiger partial charge in [-0.3, -0.25) is 4.90 Å². The van der Waals surface area contributed by atoms with E-state index in [4.69, 9.17) is 14.0 Å². The first-order chi connectivity index (χ1) is 13.7. The lowest BCUT2D eigenvalue weighted by Gasteiger charge is -2.31. The first-order valence-corrected chi connectivity index (χ1v) is 9.21. The monoisotopic (exact) mass is 385 g/mol. The van der Waals surface area contributed by atoms with E-state index in [0.29, 0.717) is 50.4 Å². The Kier molecular flexibility index (Phi) is 5.70. The van der Waals surface area contributed by atoms with Crippen LogP contribution in [0.3, 0.4) is 0 Å². The van der Waals surface area contributed by atoms with Crippen LogP contribution in [0.5, 0.6) is 0 Å². The second-order valence-electron chi connectivity index (χ2n) is 6.73. The molecule has 148 valence electrons. The average Bonchev–Trinajstić information content (AvgIpc) is 3.37. The van der Waals surface area contributed by atoms with Gasteiger partial charge in [0.05, 0.1) is 26.3 Å². The lowest BCUT2D eigenvalue weighted by molar-refractivity contribution is -0.0405. The Hall–Kier alpha value is -2.69. The Morgan fingerprint density at radius 3 is 2.93 bits per heavy atom. The van der Waals surface area contributed by atoms with Gasteiger partial charge in [-0.05, 0) is 29.5 Å². The van der Waals surface area contributed by atoms with Crippen molar-refractivity contribution < 1.29 is 14.0 Å². The van der Waals surface area contributed by atoms with Crippen molar-refractivity contribution in [1.29, 1.82) is 0 Å². The third-order valence-corrected chi connectivity index (χ3v) is 4.64. The molecule has 3 heterocycles. The van der Waals surface area contributed by atoms with Crippen LogP contribution in [0, 0.1) is 6.92 Å². The molecule has 0 spiro atoms. The van der Waals surface area contributed by atoms with Crippen molar-refractivity contribution in [2.24, 2.45) is 0 Å². The Morgan fingerprint density at radius 2 is 2.11 bits per heavy atom. The fraction of sp³-hybridized carbons (Fsp3) is 0.500. The van der Waals surface area contributed by atoms with E-state index in [-0.39, 0.29) is 6.10 Å². The molecular formula is C18H23N7O3. The predicted octanol–water partition coefficient (Wildman–Crippen LogP) is 1.25. The summed E-state index contributed by atoms with van der Waals surface area (Å²) >= 11 is 0. The minimum Gasteiger partial charge on any atom is -0.383 e. The highest BCUT2D eigenvalue weighted by Crippen LogP contribution is 2.22. The van der Waals surface area contributed by atoms with Crippen LogP contribution < -0.4 is 0 Å². The van der Waals surface area contributed by atoms with Crippen LogP contribution in [0.25, 0.3) is 11.5 Å². The van der Waals surface area contributed by atoms with E-state index in [2.05, 4.69) is 30.6 Å². The first-order valence-electron chi connectivity index (χ1n) is 9.21. The molecule has 1 aliphatic heterocycles. The maximum Gasteiger partial charge on any atom is 0.257 e. The van der Waals surface area contributed by atoms with E-state index < -0.39 is 0 Å². The minimum atomic E-state index is -0.205. The Morgan fingerprint density at radius 1 is 1.25 bits per heavy atom. The van der Waals surface area contributed by atoms with E-state index in [1.165, 1.54) is 5.56 Å². The van der Waals surface area contributed by atoms with Gasteiger partial charge in [-0.25, -0.2) is 4.68 Å². The zero-order chi connectivity index (χ0) is 19.3. The van der Waals surface area contributed by atoms with E-state index in [9.17, 15) is 0 Å². The molecule has 1 aromatic carbocycles. The summed E-state index contributed by atoms with van der Waals surface area (Å²) in [5, 5.41) is 16.0. The van der Waals surface area contributed by atoms with Crippen LogP contribution in [-0.4, -0.2) is 68.7 Å². The highest BCUT2D eigenvalue weighted by Gasteiger charge is 2.27. The smallest absolute Gasteiger partial charge is 0.257 e. The van der Waals surface area contributed by atoms with E-state index in [0.717, 1.165) is 12.1 Å². The van der Waals surface area contributed by atoms with Crippen LogP contribution >= 0.6 is 0 Å². The topological polar surface area (TPSA) is 104 Å². The molecule has 2 aromatic heterocycles. The molecule has 0 bridgehead atoms. The van der Waals surface area contributed by atoms with E-state index in [1.54, 1.807) is 11.8 Å². The zero-order valence-electron chi connectivity index (χ0n) is 16.0. The van der Waals surface area contributed by atoms with E-state index >= 15 is 0 Å². The second-order valence-corrected chi connectivity index (χ2v) is 6.73. The number of hydrogen-bond acceptors (Lipinski definition) is 9. The SMILES string of the molecule is COCCn1nnnc1[C@@H]1CN(Cc2noc(-c3ccc(C)cc3)n2)CCO1. The van der Waals surface area contributed by atoms with Crippen LogP contribution in [0.15, 0.2) is 28.8 Å². The van der Waals surface area contributed by atoms with Gasteiger partial charge in [-0.1, -0.05) is 22.9 Å². The normalized spacial score (nSPS) is 17.9. The van der Waals surface area contributed by atoms with Crippen molar-refractivity contribution in [2.45, 2.75) is 26.1 Å². The highest BCUT2D eigenvalue weighted by molar-refractivity contribution is 5.53. The maximum absolute atomic E-state index is 5.89. The summed E-state index contributed by atoms with van der Waals surface area (Å²) < 4.78 is 18.1. The van der Waals surface area contributed by atoms with Gasteiger partial charge in [0, 0.05) is 25.8 Å². The van der Waals surface area contributed by atoms with Crippen molar-refractivity contribution in [3.05, 3.63) is 41.5 Å². The summed E-state index contributed by atoms with van der Waals surface area (Å²) in [6.07, 6.45) is -0.205. The third kappa shape index (κ3) is 4.24. The second kappa shape index (κ2) is 8.55. The molecule has 3 aromatic rings. The average molecular weight is 385 g/mol. The summed E-state index contributed by atoms with van der Waals surface area (Å²) in [6, 6.07) is 8.02. The first kappa shape index (κ1) is 18.7. The molecule has 4 rings (SSSR count). The largest absolute Gasteiger partial charge is 0.383 e. The summed E-state index contributed by atoms with van der Waals surface area (Å²) in [7, 11) is 1.65. The lowest BCUT2D eigenvalue weighted by Crippen LogP contribution is -2.39. The molecular weight excluding hydrogens is 362 g/mol. The van der Waals surface area contributed by atoms with Crippen molar-refractivity contribution in [3.8, 4) is 11.5 Å². The van der Waals surface area contributed by atoms with Gasteiger partial charge in [0.2, 0.25) is 0 Å². The third-order valence-electron chi connectivity index (χ3n) is 4.64. The Labute approximate surface area is 162 Å². The molecule has 28 heavy (non-hydrogen) atoms. The number of rotatable bonds is 7. The number of benzene rings is 1. The van der Waals surface area contributed by atoms with Crippen LogP contribution in [0.1, 0.15) is 23.3 Å². The molecule has 10 nitrogen and oxygen atoms in total. The van der Waals surface area contributed by atoms with Gasteiger partial charge in [0.15, 0.2) is 11.6 Å². The molecule has 0 unspecified atom stereocenters. The number of tetrazole rings is 1. The van der Waals surface area contributed by atoms with E-state index in [1.807, 2.05) is 31.2 Å². The Bertz CT molecular complexity index is 893. The van der Waals surface area contributed by atoms with Crippen LogP contribution in [-0.2, 0) is 22.6 Å². The fourth-order valence-corrected chi connectivity index (χ4v) is 3.11. The maximum atomic E-state index is 5.89. The molecule has 1 atom stereocenters. The van der Waals surface area contributed by atoms with Gasteiger partial charge < -0.3 is 14.0 Å². The van der Waals surface area contributed by atoms with Gasteiger partial charge >= 0.3 is 0 Å². The molecule has 1 aliphatic rings.